The third kappa shape index (κ3) is 6.08. The van der Waals surface area contributed by atoms with Crippen LogP contribution in [0.1, 0.15) is 12.0 Å². The Kier molecular flexibility index (Phi) is 7.38. The number of oxime groups is 1. The number of methoxy groups -OCH3 is 1. The van der Waals surface area contributed by atoms with Gasteiger partial charge in [-0.05, 0) is 37.2 Å². The minimum Gasteiger partial charge on any atom is -0.492 e. The highest BCUT2D eigenvalue weighted by atomic mass is 16.5. The fourth-order valence-corrected chi connectivity index (χ4v) is 1.49. The van der Waals surface area contributed by atoms with E-state index in [0.29, 0.717) is 12.2 Å². The molecule has 1 aromatic carbocycles. The number of hydrogen-bond donors (Lipinski definition) is 3. The largest absolute Gasteiger partial charge is 0.492 e. The molecule has 0 atom stereocenters. The third-order valence-corrected chi connectivity index (χ3v) is 2.51. The minimum atomic E-state index is 0.0892. The molecule has 0 saturated heterocycles. The molecule has 6 heteroatoms. The molecule has 0 bridgehead atoms. The Morgan fingerprint density at radius 1 is 1.26 bits per heavy atom. The molecule has 0 amide bonds. The van der Waals surface area contributed by atoms with Crippen LogP contribution >= 0.6 is 0 Å². The van der Waals surface area contributed by atoms with Crippen molar-refractivity contribution in [2.75, 3.05) is 33.4 Å². The quantitative estimate of drug-likeness (QED) is 0.202. The Morgan fingerprint density at radius 3 is 2.63 bits per heavy atom. The van der Waals surface area contributed by atoms with Crippen molar-refractivity contribution in [2.45, 2.75) is 6.42 Å². The number of amidine groups is 1. The summed E-state index contributed by atoms with van der Waals surface area (Å²) in [5, 5.41) is 14.7. The first kappa shape index (κ1) is 15.3. The van der Waals surface area contributed by atoms with Crippen molar-refractivity contribution >= 4 is 5.84 Å². The lowest BCUT2D eigenvalue weighted by atomic mass is 10.2. The second-order valence-corrected chi connectivity index (χ2v) is 3.95. The summed E-state index contributed by atoms with van der Waals surface area (Å²) in [5.41, 5.74) is 6.12. The molecule has 4 N–H and O–H groups in total. The van der Waals surface area contributed by atoms with Crippen LogP contribution in [0, 0.1) is 0 Å². The average molecular weight is 267 g/mol. The van der Waals surface area contributed by atoms with E-state index in [-0.39, 0.29) is 5.84 Å². The SMILES string of the molecule is COCCCNCCOc1ccc(C(N)=NO)cc1. The van der Waals surface area contributed by atoms with Gasteiger partial charge in [0.2, 0.25) is 0 Å². The van der Waals surface area contributed by atoms with E-state index >= 15 is 0 Å². The van der Waals surface area contributed by atoms with Crippen LogP contribution < -0.4 is 15.8 Å². The van der Waals surface area contributed by atoms with Crippen LogP contribution in [0.4, 0.5) is 0 Å². The van der Waals surface area contributed by atoms with Crippen molar-refractivity contribution in [1.82, 2.24) is 5.32 Å². The van der Waals surface area contributed by atoms with Crippen molar-refractivity contribution in [3.05, 3.63) is 29.8 Å². The number of benzene rings is 1. The summed E-state index contributed by atoms with van der Waals surface area (Å²) in [5.74, 6) is 0.847. The smallest absolute Gasteiger partial charge is 0.170 e. The fourth-order valence-electron chi connectivity index (χ4n) is 1.49. The molecule has 19 heavy (non-hydrogen) atoms. The lowest BCUT2D eigenvalue weighted by molar-refractivity contribution is 0.193. The first-order valence-electron chi connectivity index (χ1n) is 6.18. The van der Waals surface area contributed by atoms with Gasteiger partial charge in [-0.2, -0.15) is 0 Å². The normalized spacial score (nSPS) is 11.5. The summed E-state index contributed by atoms with van der Waals surface area (Å²) in [6.07, 6.45) is 0.991. The standard InChI is InChI=1S/C13H21N3O3/c1-18-9-2-7-15-8-10-19-12-5-3-11(4-6-12)13(14)16-17/h3-6,15,17H,2,7-10H2,1H3,(H2,14,16). The highest BCUT2D eigenvalue weighted by Crippen LogP contribution is 2.11. The maximum absolute atomic E-state index is 8.53. The number of rotatable bonds is 9. The van der Waals surface area contributed by atoms with Crippen LogP contribution in [-0.4, -0.2) is 44.5 Å². The topological polar surface area (TPSA) is 89.1 Å². The summed E-state index contributed by atoms with van der Waals surface area (Å²) < 4.78 is 10.5. The average Bonchev–Trinajstić information content (AvgIpc) is 2.46. The van der Waals surface area contributed by atoms with E-state index in [4.69, 9.17) is 20.4 Å². The lowest BCUT2D eigenvalue weighted by Gasteiger charge is -2.08. The van der Waals surface area contributed by atoms with Crippen molar-refractivity contribution in [2.24, 2.45) is 10.9 Å². The van der Waals surface area contributed by atoms with Gasteiger partial charge >= 0.3 is 0 Å². The number of nitrogens with zero attached hydrogens (tertiary/aromatic N) is 1. The fraction of sp³-hybridized carbons (Fsp3) is 0.462. The predicted octanol–water partition coefficient (Wildman–Crippen LogP) is 0.786. The number of ether oxygens (including phenoxy) is 2. The van der Waals surface area contributed by atoms with E-state index < -0.39 is 0 Å². The molecular formula is C13H21N3O3. The summed E-state index contributed by atoms with van der Waals surface area (Å²) >= 11 is 0. The molecule has 0 aliphatic carbocycles. The van der Waals surface area contributed by atoms with Gasteiger partial charge in [0.25, 0.3) is 0 Å². The molecule has 0 fully saturated rings. The Bertz CT molecular complexity index is 379. The first-order chi connectivity index (χ1) is 9.27. The minimum absolute atomic E-state index is 0.0892. The number of nitrogens with one attached hydrogen (secondary N) is 1. The van der Waals surface area contributed by atoms with Crippen LogP contribution in [-0.2, 0) is 4.74 Å². The molecule has 1 aromatic rings. The first-order valence-corrected chi connectivity index (χ1v) is 6.18. The summed E-state index contributed by atoms with van der Waals surface area (Å²) in [7, 11) is 1.70. The van der Waals surface area contributed by atoms with Crippen molar-refractivity contribution in [3.63, 3.8) is 0 Å². The third-order valence-electron chi connectivity index (χ3n) is 2.51. The second kappa shape index (κ2) is 9.18. The molecule has 106 valence electrons. The van der Waals surface area contributed by atoms with E-state index in [0.717, 1.165) is 31.9 Å². The van der Waals surface area contributed by atoms with Gasteiger partial charge in [0.15, 0.2) is 5.84 Å². The Labute approximate surface area is 113 Å². The zero-order chi connectivity index (χ0) is 13.9. The Hall–Kier alpha value is -1.79. The zero-order valence-corrected chi connectivity index (χ0v) is 11.1. The lowest BCUT2D eigenvalue weighted by Crippen LogP contribution is -2.22. The number of hydrogen-bond acceptors (Lipinski definition) is 5. The van der Waals surface area contributed by atoms with Gasteiger partial charge in [-0.15, -0.1) is 0 Å². The molecule has 0 saturated carbocycles. The molecule has 0 aliphatic rings. The van der Waals surface area contributed by atoms with Crippen LogP contribution in [0.3, 0.4) is 0 Å². The van der Waals surface area contributed by atoms with Crippen LogP contribution in [0.15, 0.2) is 29.4 Å². The molecular weight excluding hydrogens is 246 g/mol. The van der Waals surface area contributed by atoms with Gasteiger partial charge in [-0.25, -0.2) is 0 Å². The molecule has 1 rings (SSSR count). The molecule has 0 radical (unpaired) electrons. The van der Waals surface area contributed by atoms with Gasteiger partial charge < -0.3 is 25.7 Å². The van der Waals surface area contributed by atoms with Gasteiger partial charge in [0, 0.05) is 25.8 Å². The van der Waals surface area contributed by atoms with Crippen molar-refractivity contribution < 1.29 is 14.7 Å². The molecule has 0 aromatic heterocycles. The van der Waals surface area contributed by atoms with Crippen molar-refractivity contribution in [3.8, 4) is 5.75 Å². The maximum atomic E-state index is 8.53. The Morgan fingerprint density at radius 2 is 2.00 bits per heavy atom. The van der Waals surface area contributed by atoms with Crippen LogP contribution in [0.2, 0.25) is 0 Å². The predicted molar refractivity (Wildman–Crippen MR) is 73.8 cm³/mol. The molecule has 0 heterocycles. The van der Waals surface area contributed by atoms with Gasteiger partial charge in [0.05, 0.1) is 0 Å². The van der Waals surface area contributed by atoms with E-state index in [1.54, 1.807) is 31.4 Å². The van der Waals surface area contributed by atoms with Crippen molar-refractivity contribution in [1.29, 1.82) is 0 Å². The Balaban J connectivity index is 2.19. The van der Waals surface area contributed by atoms with Crippen LogP contribution in [0.5, 0.6) is 5.75 Å². The maximum Gasteiger partial charge on any atom is 0.170 e. The summed E-state index contributed by atoms with van der Waals surface area (Å²) in [6, 6.07) is 7.07. The second-order valence-electron chi connectivity index (χ2n) is 3.95. The monoisotopic (exact) mass is 267 g/mol. The van der Waals surface area contributed by atoms with Gasteiger partial charge in [-0.1, -0.05) is 5.16 Å². The highest BCUT2D eigenvalue weighted by Gasteiger charge is 1.99. The van der Waals surface area contributed by atoms with Crippen LogP contribution in [0.25, 0.3) is 0 Å². The molecule has 0 aliphatic heterocycles. The highest BCUT2D eigenvalue weighted by molar-refractivity contribution is 5.97. The zero-order valence-electron chi connectivity index (χ0n) is 11.1. The van der Waals surface area contributed by atoms with E-state index in [2.05, 4.69) is 10.5 Å². The van der Waals surface area contributed by atoms with E-state index in [1.807, 2.05) is 0 Å². The van der Waals surface area contributed by atoms with Gasteiger partial charge in [0.1, 0.15) is 12.4 Å². The van der Waals surface area contributed by atoms with E-state index in [9.17, 15) is 0 Å². The summed E-state index contributed by atoms with van der Waals surface area (Å²) in [6.45, 7) is 3.06. The summed E-state index contributed by atoms with van der Waals surface area (Å²) in [4.78, 5) is 0. The molecule has 0 unspecified atom stereocenters. The molecule has 0 spiro atoms. The number of nitrogens with two attached hydrogens (primary N) is 1. The molecule has 6 nitrogen and oxygen atoms in total. The van der Waals surface area contributed by atoms with Gasteiger partial charge in [-0.3, -0.25) is 0 Å². The van der Waals surface area contributed by atoms with E-state index in [1.165, 1.54) is 0 Å².